The molecule has 0 saturated heterocycles. The lowest BCUT2D eigenvalue weighted by Crippen LogP contribution is -2.43. The molecule has 0 saturated carbocycles. The predicted molar refractivity (Wildman–Crippen MR) is 118 cm³/mol. The minimum absolute atomic E-state index is 0.109. The Morgan fingerprint density at radius 1 is 1.24 bits per heavy atom. The molecule has 1 aliphatic carbocycles. The number of hydrogen-bond donors (Lipinski definition) is 1. The number of esters is 2. The van der Waals surface area contributed by atoms with E-state index < -0.39 is 23.8 Å². The van der Waals surface area contributed by atoms with E-state index in [4.69, 9.17) is 18.9 Å². The fraction of sp³-hybridized carbons (Fsp3) is 0.480. The Labute approximate surface area is 192 Å². The van der Waals surface area contributed by atoms with Gasteiger partial charge in [-0.05, 0) is 50.3 Å². The van der Waals surface area contributed by atoms with Crippen molar-refractivity contribution in [3.8, 4) is 11.5 Å². The maximum absolute atomic E-state index is 13.7. The number of fused-ring (bicyclic) bond motifs is 1. The molecule has 8 nitrogen and oxygen atoms in total. The van der Waals surface area contributed by atoms with Gasteiger partial charge in [0.2, 0.25) is 6.79 Å². The molecule has 0 bridgehead atoms. The van der Waals surface area contributed by atoms with E-state index in [1.165, 1.54) is 7.11 Å². The number of ether oxygens (including phenoxy) is 4. The minimum atomic E-state index is -0.933. The molecule has 2 aliphatic heterocycles. The molecule has 8 heteroatoms. The molecule has 176 valence electrons. The molecule has 4 rings (SSSR count). The van der Waals surface area contributed by atoms with E-state index in [9.17, 15) is 14.4 Å². The molecule has 0 spiro atoms. The molecule has 3 aliphatic rings. The van der Waals surface area contributed by atoms with Gasteiger partial charge < -0.3 is 24.3 Å². The highest BCUT2D eigenvalue weighted by molar-refractivity contribution is 6.12. The molecule has 0 aromatic heterocycles. The molecule has 0 amide bonds. The number of hydrogen-bond acceptors (Lipinski definition) is 8. The van der Waals surface area contributed by atoms with Gasteiger partial charge in [0, 0.05) is 22.9 Å². The minimum Gasteiger partial charge on any atom is -0.468 e. The predicted octanol–water partition coefficient (Wildman–Crippen LogP) is 3.37. The van der Waals surface area contributed by atoms with Crippen LogP contribution in [0.3, 0.4) is 0 Å². The van der Waals surface area contributed by atoms with Gasteiger partial charge in [-0.25, -0.2) is 4.79 Å². The fourth-order valence-electron chi connectivity index (χ4n) is 4.71. The van der Waals surface area contributed by atoms with E-state index in [2.05, 4.69) is 5.32 Å². The average Bonchev–Trinajstić information content (AvgIpc) is 3.25. The standard InChI is InChI=1S/C25H29NO7/c1-6-13(3)33-25(29)20-14(4)26-16-9-12(2)19(24(28)30-5)23(27)22(16)21(20)15-7-8-17-18(10-15)32-11-31-17/h7-8,10,12-13,19,21,26H,6,9,11H2,1-5H3/t12-,13-,19-,21+/m1/s1. The summed E-state index contributed by atoms with van der Waals surface area (Å²) in [7, 11) is 1.28. The Bertz CT molecular complexity index is 1070. The first kappa shape index (κ1) is 22.9. The summed E-state index contributed by atoms with van der Waals surface area (Å²) in [5.74, 6) is -2.15. The van der Waals surface area contributed by atoms with Crippen LogP contribution in [-0.4, -0.2) is 37.7 Å². The van der Waals surface area contributed by atoms with Gasteiger partial charge in [0.05, 0.1) is 18.8 Å². The number of allylic oxidation sites excluding steroid dienone is 3. The van der Waals surface area contributed by atoms with Crippen molar-refractivity contribution in [2.75, 3.05) is 13.9 Å². The number of dihydropyridines is 1. The highest BCUT2D eigenvalue weighted by atomic mass is 16.7. The monoisotopic (exact) mass is 455 g/mol. The third-order valence-corrected chi connectivity index (χ3v) is 6.58. The second-order valence-electron chi connectivity index (χ2n) is 8.77. The van der Waals surface area contributed by atoms with Gasteiger partial charge in [-0.3, -0.25) is 9.59 Å². The number of nitrogens with one attached hydrogen (secondary N) is 1. The van der Waals surface area contributed by atoms with Gasteiger partial charge in [-0.15, -0.1) is 0 Å². The van der Waals surface area contributed by atoms with E-state index >= 15 is 0 Å². The summed E-state index contributed by atoms with van der Waals surface area (Å²) in [6.45, 7) is 7.52. The first-order valence-corrected chi connectivity index (χ1v) is 11.2. The van der Waals surface area contributed by atoms with Crippen LogP contribution in [0.25, 0.3) is 0 Å². The number of carbonyl (C=O) groups excluding carboxylic acids is 3. The van der Waals surface area contributed by atoms with Crippen LogP contribution in [0.5, 0.6) is 11.5 Å². The van der Waals surface area contributed by atoms with Crippen LogP contribution < -0.4 is 14.8 Å². The summed E-state index contributed by atoms with van der Waals surface area (Å²) in [4.78, 5) is 39.5. The van der Waals surface area contributed by atoms with Gasteiger partial charge in [0.15, 0.2) is 17.3 Å². The largest absolute Gasteiger partial charge is 0.468 e. The van der Waals surface area contributed by atoms with Crippen LogP contribution in [0, 0.1) is 11.8 Å². The van der Waals surface area contributed by atoms with Crippen molar-refractivity contribution in [3.05, 3.63) is 46.3 Å². The zero-order valence-electron chi connectivity index (χ0n) is 19.5. The van der Waals surface area contributed by atoms with Crippen molar-refractivity contribution in [3.63, 3.8) is 0 Å². The van der Waals surface area contributed by atoms with E-state index in [0.717, 1.165) is 0 Å². The first-order chi connectivity index (χ1) is 15.8. The summed E-state index contributed by atoms with van der Waals surface area (Å²) in [5, 5.41) is 3.26. The number of carbonyl (C=O) groups is 3. The third-order valence-electron chi connectivity index (χ3n) is 6.58. The molecule has 1 aromatic carbocycles. The number of benzene rings is 1. The van der Waals surface area contributed by atoms with Crippen molar-refractivity contribution in [2.45, 2.75) is 52.6 Å². The molecular formula is C25H29NO7. The van der Waals surface area contributed by atoms with Gasteiger partial charge in [-0.1, -0.05) is 19.9 Å². The van der Waals surface area contributed by atoms with Crippen molar-refractivity contribution in [1.82, 2.24) is 5.32 Å². The molecule has 33 heavy (non-hydrogen) atoms. The second-order valence-corrected chi connectivity index (χ2v) is 8.77. The number of ketones is 1. The summed E-state index contributed by atoms with van der Waals surface area (Å²) in [6.07, 6.45) is 0.859. The summed E-state index contributed by atoms with van der Waals surface area (Å²) in [6, 6.07) is 5.36. The van der Waals surface area contributed by atoms with Crippen molar-refractivity contribution in [2.24, 2.45) is 11.8 Å². The Morgan fingerprint density at radius 3 is 2.67 bits per heavy atom. The lowest BCUT2D eigenvalue weighted by atomic mass is 9.69. The SMILES string of the molecule is CC[C@@H](C)OC(=O)C1=C(C)NC2=C(C(=O)[C@H](C(=O)OC)[C@H](C)C2)[C@H]1c1ccc2c(c1)OCO2. The van der Waals surface area contributed by atoms with Crippen molar-refractivity contribution >= 4 is 17.7 Å². The van der Waals surface area contributed by atoms with Gasteiger partial charge in [0.1, 0.15) is 5.92 Å². The quantitative estimate of drug-likeness (QED) is 0.533. The molecule has 0 unspecified atom stereocenters. The van der Waals surface area contributed by atoms with Crippen LogP contribution in [0.1, 0.15) is 52.0 Å². The topological polar surface area (TPSA) is 100 Å². The molecule has 0 radical (unpaired) electrons. The van der Waals surface area contributed by atoms with Crippen LogP contribution in [0.4, 0.5) is 0 Å². The second kappa shape index (κ2) is 8.92. The smallest absolute Gasteiger partial charge is 0.337 e. The fourth-order valence-corrected chi connectivity index (χ4v) is 4.71. The lowest BCUT2D eigenvalue weighted by Gasteiger charge is -2.38. The maximum atomic E-state index is 13.7. The Balaban J connectivity index is 1.85. The summed E-state index contributed by atoms with van der Waals surface area (Å²) >= 11 is 0. The Morgan fingerprint density at radius 2 is 1.97 bits per heavy atom. The average molecular weight is 456 g/mol. The molecule has 2 heterocycles. The lowest BCUT2D eigenvalue weighted by molar-refractivity contribution is -0.151. The molecular weight excluding hydrogens is 426 g/mol. The van der Waals surface area contributed by atoms with E-state index in [0.29, 0.717) is 52.4 Å². The van der Waals surface area contributed by atoms with Crippen LogP contribution in [0.2, 0.25) is 0 Å². The third kappa shape index (κ3) is 3.98. The highest BCUT2D eigenvalue weighted by Crippen LogP contribution is 2.47. The van der Waals surface area contributed by atoms with Crippen molar-refractivity contribution < 1.29 is 33.3 Å². The van der Waals surface area contributed by atoms with E-state index in [1.807, 2.05) is 26.8 Å². The highest BCUT2D eigenvalue weighted by Gasteiger charge is 2.47. The number of rotatable bonds is 5. The summed E-state index contributed by atoms with van der Waals surface area (Å²) < 4.78 is 21.6. The van der Waals surface area contributed by atoms with Crippen LogP contribution in [-0.2, 0) is 23.9 Å². The maximum Gasteiger partial charge on any atom is 0.337 e. The molecule has 1 N–H and O–H groups in total. The van der Waals surface area contributed by atoms with Gasteiger partial charge in [0.25, 0.3) is 0 Å². The van der Waals surface area contributed by atoms with Crippen LogP contribution >= 0.6 is 0 Å². The molecule has 0 fully saturated rings. The molecule has 4 atom stereocenters. The van der Waals surface area contributed by atoms with E-state index in [1.54, 1.807) is 19.1 Å². The van der Waals surface area contributed by atoms with E-state index in [-0.39, 0.29) is 24.6 Å². The normalized spacial score (nSPS) is 24.8. The number of methoxy groups -OCH3 is 1. The Kier molecular flexibility index (Phi) is 6.19. The number of Topliss-reactive ketones (excluding diaryl/α,β-unsaturated/α-hetero) is 1. The van der Waals surface area contributed by atoms with Gasteiger partial charge in [-0.2, -0.15) is 0 Å². The first-order valence-electron chi connectivity index (χ1n) is 11.2. The molecule has 1 aromatic rings. The Hall–Kier alpha value is -3.29. The summed E-state index contributed by atoms with van der Waals surface area (Å²) in [5.41, 5.74) is 2.77. The van der Waals surface area contributed by atoms with Crippen molar-refractivity contribution in [1.29, 1.82) is 0 Å². The zero-order chi connectivity index (χ0) is 23.9. The van der Waals surface area contributed by atoms with Gasteiger partial charge >= 0.3 is 11.9 Å². The van der Waals surface area contributed by atoms with Crippen LogP contribution in [0.15, 0.2) is 40.7 Å². The zero-order valence-corrected chi connectivity index (χ0v) is 19.5.